The first-order valence-corrected chi connectivity index (χ1v) is 7.83. The number of carboxylic acids is 1. The summed E-state index contributed by atoms with van der Waals surface area (Å²) >= 11 is 3.42. The maximum Gasteiger partial charge on any atom is 0.312 e. The number of rotatable bonds is 6. The van der Waals surface area contributed by atoms with Gasteiger partial charge in [-0.1, -0.05) is 15.9 Å². The predicted octanol–water partition coefficient (Wildman–Crippen LogP) is 2.91. The third-order valence-electron chi connectivity index (χ3n) is 3.80. The minimum absolute atomic E-state index is 0.00211. The van der Waals surface area contributed by atoms with Crippen LogP contribution >= 0.6 is 15.9 Å². The van der Waals surface area contributed by atoms with Gasteiger partial charge < -0.3 is 20.3 Å². The number of ether oxygens (including phenoxy) is 2. The van der Waals surface area contributed by atoms with Crippen LogP contribution in [0, 0.1) is 0 Å². The van der Waals surface area contributed by atoms with Crippen LogP contribution in [0.2, 0.25) is 0 Å². The molecule has 1 atom stereocenters. The zero-order valence-corrected chi connectivity index (χ0v) is 13.6. The van der Waals surface area contributed by atoms with Crippen molar-refractivity contribution in [2.45, 2.75) is 37.7 Å². The highest BCUT2D eigenvalue weighted by Crippen LogP contribution is 2.42. The van der Waals surface area contributed by atoms with Gasteiger partial charge in [-0.05, 0) is 37.8 Å². The monoisotopic (exact) mass is 357 g/mol. The maximum absolute atomic E-state index is 11.5. The van der Waals surface area contributed by atoms with Crippen molar-refractivity contribution in [3.05, 3.63) is 22.2 Å². The number of benzene rings is 1. The standard InChI is InChI=1S/C15H20BrNO4/c1-20-12-7-6-11(16)13(10(8-17)15(18)19)14(12)21-9-4-2-3-5-9/h6-7,9-10H,2-5,8,17H2,1H3,(H,18,19). The number of halogens is 1. The maximum atomic E-state index is 11.5. The highest BCUT2D eigenvalue weighted by Gasteiger charge is 2.29. The fraction of sp³-hybridized carbons (Fsp3) is 0.533. The molecular weight excluding hydrogens is 338 g/mol. The number of nitrogens with two attached hydrogens (primary N) is 1. The summed E-state index contributed by atoms with van der Waals surface area (Å²) in [5.74, 6) is -0.759. The van der Waals surface area contributed by atoms with Crippen molar-refractivity contribution in [3.8, 4) is 11.5 Å². The molecule has 0 heterocycles. The molecule has 21 heavy (non-hydrogen) atoms. The number of methoxy groups -OCH3 is 1. The second kappa shape index (κ2) is 7.13. The van der Waals surface area contributed by atoms with E-state index < -0.39 is 11.9 Å². The van der Waals surface area contributed by atoms with Crippen LogP contribution in [0.4, 0.5) is 0 Å². The summed E-state index contributed by atoms with van der Waals surface area (Å²) in [7, 11) is 1.55. The fourth-order valence-electron chi connectivity index (χ4n) is 2.68. The Bertz CT molecular complexity index is 515. The summed E-state index contributed by atoms with van der Waals surface area (Å²) in [4.78, 5) is 11.5. The van der Waals surface area contributed by atoms with Gasteiger partial charge in [-0.2, -0.15) is 0 Å². The molecule has 2 rings (SSSR count). The van der Waals surface area contributed by atoms with Gasteiger partial charge in [0.1, 0.15) is 0 Å². The molecule has 1 aromatic carbocycles. The van der Waals surface area contributed by atoms with Gasteiger partial charge in [-0.15, -0.1) is 0 Å². The summed E-state index contributed by atoms with van der Waals surface area (Å²) in [5, 5.41) is 9.40. The van der Waals surface area contributed by atoms with Gasteiger partial charge in [0.15, 0.2) is 11.5 Å². The van der Waals surface area contributed by atoms with Crippen molar-refractivity contribution in [3.63, 3.8) is 0 Å². The number of carbonyl (C=O) groups is 1. The van der Waals surface area contributed by atoms with E-state index in [4.69, 9.17) is 15.2 Å². The minimum atomic E-state index is -0.970. The second-order valence-corrected chi connectivity index (χ2v) is 6.00. The van der Waals surface area contributed by atoms with E-state index in [0.29, 0.717) is 21.5 Å². The van der Waals surface area contributed by atoms with Crippen molar-refractivity contribution in [2.24, 2.45) is 5.73 Å². The lowest BCUT2D eigenvalue weighted by atomic mass is 9.97. The zero-order chi connectivity index (χ0) is 15.4. The van der Waals surface area contributed by atoms with Crippen LogP contribution in [-0.2, 0) is 4.79 Å². The Balaban J connectivity index is 2.46. The second-order valence-electron chi connectivity index (χ2n) is 5.14. The highest BCUT2D eigenvalue weighted by molar-refractivity contribution is 9.10. The van der Waals surface area contributed by atoms with Crippen molar-refractivity contribution >= 4 is 21.9 Å². The molecule has 5 nitrogen and oxygen atoms in total. The van der Waals surface area contributed by atoms with Crippen LogP contribution in [0.5, 0.6) is 11.5 Å². The van der Waals surface area contributed by atoms with Gasteiger partial charge >= 0.3 is 5.97 Å². The van der Waals surface area contributed by atoms with E-state index in [0.717, 1.165) is 25.7 Å². The first-order chi connectivity index (χ1) is 10.1. The van der Waals surface area contributed by atoms with E-state index in [1.54, 1.807) is 19.2 Å². The molecule has 0 radical (unpaired) electrons. The van der Waals surface area contributed by atoms with Crippen LogP contribution in [0.1, 0.15) is 37.2 Å². The van der Waals surface area contributed by atoms with E-state index in [9.17, 15) is 9.90 Å². The molecule has 1 saturated carbocycles. The predicted molar refractivity (Wildman–Crippen MR) is 83.0 cm³/mol. The largest absolute Gasteiger partial charge is 0.493 e. The molecule has 0 bridgehead atoms. The summed E-state index contributed by atoms with van der Waals surface area (Å²) in [6, 6.07) is 3.54. The van der Waals surface area contributed by atoms with Gasteiger partial charge in [-0.3, -0.25) is 4.79 Å². The summed E-state index contributed by atoms with van der Waals surface area (Å²) in [6.07, 6.45) is 4.34. The smallest absolute Gasteiger partial charge is 0.312 e. The molecule has 6 heteroatoms. The van der Waals surface area contributed by atoms with E-state index >= 15 is 0 Å². The van der Waals surface area contributed by atoms with Crippen molar-refractivity contribution in [1.82, 2.24) is 0 Å². The SMILES string of the molecule is COc1ccc(Br)c(C(CN)C(=O)O)c1OC1CCCC1. The molecule has 0 aliphatic heterocycles. The Kier molecular flexibility index (Phi) is 5.47. The number of hydrogen-bond donors (Lipinski definition) is 2. The number of carboxylic acid groups (broad SMARTS) is 1. The van der Waals surface area contributed by atoms with Gasteiger partial charge in [0.2, 0.25) is 0 Å². The Morgan fingerprint density at radius 2 is 2.14 bits per heavy atom. The van der Waals surface area contributed by atoms with Crippen molar-refractivity contribution < 1.29 is 19.4 Å². The van der Waals surface area contributed by atoms with Gasteiger partial charge in [0.25, 0.3) is 0 Å². The van der Waals surface area contributed by atoms with Crippen LogP contribution < -0.4 is 15.2 Å². The van der Waals surface area contributed by atoms with Crippen molar-refractivity contribution in [1.29, 1.82) is 0 Å². The lowest BCUT2D eigenvalue weighted by Gasteiger charge is -2.22. The Morgan fingerprint density at radius 3 is 2.67 bits per heavy atom. The molecule has 1 unspecified atom stereocenters. The quantitative estimate of drug-likeness (QED) is 0.817. The summed E-state index contributed by atoms with van der Waals surface area (Å²) in [6.45, 7) is 0.00211. The van der Waals surface area contributed by atoms with E-state index in [1.807, 2.05) is 0 Å². The number of aliphatic carboxylic acids is 1. The van der Waals surface area contributed by atoms with E-state index in [-0.39, 0.29) is 12.6 Å². The molecule has 116 valence electrons. The van der Waals surface area contributed by atoms with E-state index in [2.05, 4.69) is 15.9 Å². The average molecular weight is 358 g/mol. The molecule has 1 aliphatic rings. The molecule has 0 amide bonds. The van der Waals surface area contributed by atoms with Gasteiger partial charge in [0, 0.05) is 16.6 Å². The first kappa shape index (κ1) is 16.1. The Morgan fingerprint density at radius 1 is 1.48 bits per heavy atom. The fourth-order valence-corrected chi connectivity index (χ4v) is 3.27. The lowest BCUT2D eigenvalue weighted by molar-refractivity contribution is -0.138. The molecule has 0 spiro atoms. The summed E-state index contributed by atoms with van der Waals surface area (Å²) in [5.41, 5.74) is 6.20. The Hall–Kier alpha value is -1.27. The van der Waals surface area contributed by atoms with Crippen LogP contribution in [0.15, 0.2) is 16.6 Å². The lowest BCUT2D eigenvalue weighted by Crippen LogP contribution is -2.23. The average Bonchev–Trinajstić information content (AvgIpc) is 2.95. The third kappa shape index (κ3) is 3.49. The number of hydrogen-bond acceptors (Lipinski definition) is 4. The molecule has 1 fully saturated rings. The normalized spacial score (nSPS) is 16.7. The Labute approximate surface area is 132 Å². The topological polar surface area (TPSA) is 81.8 Å². The molecule has 1 aromatic rings. The minimum Gasteiger partial charge on any atom is -0.493 e. The molecule has 0 saturated heterocycles. The zero-order valence-electron chi connectivity index (χ0n) is 12.0. The molecule has 0 aromatic heterocycles. The van der Waals surface area contributed by atoms with E-state index in [1.165, 1.54) is 0 Å². The van der Waals surface area contributed by atoms with Crippen LogP contribution in [0.25, 0.3) is 0 Å². The summed E-state index contributed by atoms with van der Waals surface area (Å²) < 4.78 is 12.1. The highest BCUT2D eigenvalue weighted by atomic mass is 79.9. The van der Waals surface area contributed by atoms with Gasteiger partial charge in [0.05, 0.1) is 19.1 Å². The molecule has 1 aliphatic carbocycles. The molecule has 3 N–H and O–H groups in total. The van der Waals surface area contributed by atoms with Crippen LogP contribution in [0.3, 0.4) is 0 Å². The molecular formula is C15H20BrNO4. The third-order valence-corrected chi connectivity index (χ3v) is 4.49. The van der Waals surface area contributed by atoms with Crippen LogP contribution in [-0.4, -0.2) is 30.8 Å². The van der Waals surface area contributed by atoms with Gasteiger partial charge in [-0.25, -0.2) is 0 Å². The first-order valence-electron chi connectivity index (χ1n) is 7.04. The van der Waals surface area contributed by atoms with Crippen molar-refractivity contribution in [2.75, 3.05) is 13.7 Å².